The van der Waals surface area contributed by atoms with Crippen molar-refractivity contribution in [1.82, 2.24) is 5.32 Å². The quantitative estimate of drug-likeness (QED) is 0.502. The number of benzene rings is 1. The largest absolute Gasteiger partial charge is 0.506 e. The maximum atomic E-state index is 11.7. The van der Waals surface area contributed by atoms with Crippen molar-refractivity contribution in [3.05, 3.63) is 23.8 Å². The predicted molar refractivity (Wildman–Crippen MR) is 59.2 cm³/mol. The fraction of sp³-hybridized carbons (Fsp3) is 0.364. The summed E-state index contributed by atoms with van der Waals surface area (Å²) in [5.41, 5.74) is 6.12. The number of carbonyl (C=O) groups is 1. The van der Waals surface area contributed by atoms with Crippen molar-refractivity contribution in [2.75, 3.05) is 18.9 Å². The number of nitrogens with two attached hydrogens (primary N) is 1. The van der Waals surface area contributed by atoms with Crippen molar-refractivity contribution in [3.63, 3.8) is 0 Å². The molecule has 1 saturated heterocycles. The van der Waals surface area contributed by atoms with E-state index in [-0.39, 0.29) is 23.4 Å². The van der Waals surface area contributed by atoms with Crippen molar-refractivity contribution < 1.29 is 14.6 Å². The second-order valence-electron chi connectivity index (χ2n) is 3.81. The average molecular weight is 222 g/mol. The lowest BCUT2D eigenvalue weighted by molar-refractivity contribution is 0.0929. The van der Waals surface area contributed by atoms with Crippen molar-refractivity contribution >= 4 is 11.6 Å². The summed E-state index contributed by atoms with van der Waals surface area (Å²) < 4.78 is 5.15. The van der Waals surface area contributed by atoms with E-state index < -0.39 is 0 Å². The summed E-state index contributed by atoms with van der Waals surface area (Å²) in [5, 5.41) is 12.2. The van der Waals surface area contributed by atoms with Gasteiger partial charge in [-0.3, -0.25) is 4.79 Å². The van der Waals surface area contributed by atoms with Crippen molar-refractivity contribution in [2.24, 2.45) is 0 Å². The van der Waals surface area contributed by atoms with Gasteiger partial charge >= 0.3 is 0 Å². The van der Waals surface area contributed by atoms with Crippen molar-refractivity contribution in [2.45, 2.75) is 12.5 Å². The zero-order valence-corrected chi connectivity index (χ0v) is 8.77. The third kappa shape index (κ3) is 2.25. The molecular formula is C11H14N2O3. The first-order chi connectivity index (χ1) is 7.66. The highest BCUT2D eigenvalue weighted by Gasteiger charge is 2.18. The molecule has 1 aromatic carbocycles. The Kier molecular flexibility index (Phi) is 2.96. The van der Waals surface area contributed by atoms with E-state index in [1.165, 1.54) is 12.1 Å². The highest BCUT2D eigenvalue weighted by atomic mass is 16.5. The van der Waals surface area contributed by atoms with Gasteiger partial charge in [0.05, 0.1) is 18.3 Å². The minimum absolute atomic E-state index is 0.0622. The number of nitrogens with one attached hydrogen (secondary N) is 1. The van der Waals surface area contributed by atoms with Crippen LogP contribution in [0.1, 0.15) is 16.8 Å². The van der Waals surface area contributed by atoms with Crippen LogP contribution in [-0.4, -0.2) is 30.3 Å². The molecule has 1 aliphatic rings. The van der Waals surface area contributed by atoms with Gasteiger partial charge in [-0.2, -0.15) is 0 Å². The van der Waals surface area contributed by atoms with E-state index >= 15 is 0 Å². The summed E-state index contributed by atoms with van der Waals surface area (Å²) in [6.45, 7) is 1.23. The average Bonchev–Trinajstić information content (AvgIpc) is 2.74. The Morgan fingerprint density at radius 2 is 2.38 bits per heavy atom. The molecule has 1 amide bonds. The molecule has 1 fully saturated rings. The van der Waals surface area contributed by atoms with Gasteiger partial charge in [0.15, 0.2) is 0 Å². The molecule has 1 atom stereocenters. The number of phenolic OH excluding ortho intramolecular Hbond substituents is 1. The third-order valence-corrected chi connectivity index (χ3v) is 2.56. The van der Waals surface area contributed by atoms with Crippen molar-refractivity contribution in [3.8, 4) is 5.75 Å². The molecule has 5 nitrogen and oxygen atoms in total. The van der Waals surface area contributed by atoms with Crippen LogP contribution in [0.3, 0.4) is 0 Å². The Labute approximate surface area is 93.2 Å². The predicted octanol–water partition coefficient (Wildman–Crippen LogP) is 0.493. The van der Waals surface area contributed by atoms with Crippen LogP contribution in [0.4, 0.5) is 5.69 Å². The van der Waals surface area contributed by atoms with E-state index in [0.717, 1.165) is 6.42 Å². The number of aromatic hydroxyl groups is 1. The standard InChI is InChI=1S/C11H14N2O3/c12-9-2-1-7(5-10(9)14)11(15)13-8-3-4-16-6-8/h1-2,5,8,14H,3-4,6,12H2,(H,13,15). The van der Waals surface area contributed by atoms with Gasteiger partial charge < -0.3 is 20.9 Å². The Morgan fingerprint density at radius 1 is 1.56 bits per heavy atom. The van der Waals surface area contributed by atoms with Crippen molar-refractivity contribution in [1.29, 1.82) is 0 Å². The number of nitrogen functional groups attached to an aromatic ring is 1. The number of carbonyl (C=O) groups excluding carboxylic acids is 1. The number of phenols is 1. The molecular weight excluding hydrogens is 208 g/mol. The first-order valence-corrected chi connectivity index (χ1v) is 5.14. The molecule has 0 aromatic heterocycles. The zero-order valence-electron chi connectivity index (χ0n) is 8.77. The summed E-state index contributed by atoms with van der Waals surface area (Å²) >= 11 is 0. The number of hydrogen-bond donors (Lipinski definition) is 3. The van der Waals surface area contributed by atoms with E-state index in [0.29, 0.717) is 18.8 Å². The Bertz CT molecular complexity index is 400. The molecule has 0 bridgehead atoms. The van der Waals surface area contributed by atoms with E-state index in [1.807, 2.05) is 0 Å². The van der Waals surface area contributed by atoms with Crippen LogP contribution in [0, 0.1) is 0 Å². The molecule has 0 spiro atoms. The first-order valence-electron chi connectivity index (χ1n) is 5.14. The van der Waals surface area contributed by atoms with Gasteiger partial charge in [-0.25, -0.2) is 0 Å². The molecule has 86 valence electrons. The van der Waals surface area contributed by atoms with Gasteiger partial charge in [0, 0.05) is 12.2 Å². The fourth-order valence-corrected chi connectivity index (χ4v) is 1.60. The molecule has 1 unspecified atom stereocenters. The molecule has 0 radical (unpaired) electrons. The fourth-order valence-electron chi connectivity index (χ4n) is 1.60. The normalized spacial score (nSPS) is 19.6. The third-order valence-electron chi connectivity index (χ3n) is 2.56. The van der Waals surface area contributed by atoms with Crippen LogP contribution >= 0.6 is 0 Å². The molecule has 2 rings (SSSR count). The molecule has 1 aromatic rings. The lowest BCUT2D eigenvalue weighted by atomic mass is 10.1. The second kappa shape index (κ2) is 4.40. The molecule has 4 N–H and O–H groups in total. The van der Waals surface area contributed by atoms with Crippen LogP contribution in [0.25, 0.3) is 0 Å². The number of hydrogen-bond acceptors (Lipinski definition) is 4. The monoisotopic (exact) mass is 222 g/mol. The Hall–Kier alpha value is -1.75. The summed E-state index contributed by atoms with van der Waals surface area (Å²) in [6, 6.07) is 4.52. The molecule has 0 saturated carbocycles. The number of anilines is 1. The first kappa shape index (κ1) is 10.8. The lowest BCUT2D eigenvalue weighted by Gasteiger charge is -2.10. The summed E-state index contributed by atoms with van der Waals surface area (Å²) in [4.78, 5) is 11.7. The van der Waals surface area contributed by atoms with Crippen LogP contribution in [-0.2, 0) is 4.74 Å². The zero-order chi connectivity index (χ0) is 11.5. The van der Waals surface area contributed by atoms with Gasteiger partial charge in [-0.05, 0) is 24.6 Å². The number of rotatable bonds is 2. The van der Waals surface area contributed by atoms with E-state index in [2.05, 4.69) is 5.32 Å². The topological polar surface area (TPSA) is 84.6 Å². The van der Waals surface area contributed by atoms with Gasteiger partial charge in [-0.15, -0.1) is 0 Å². The second-order valence-corrected chi connectivity index (χ2v) is 3.81. The summed E-state index contributed by atoms with van der Waals surface area (Å²) in [5.74, 6) is -0.291. The highest BCUT2D eigenvalue weighted by Crippen LogP contribution is 2.20. The van der Waals surface area contributed by atoms with Gasteiger partial charge in [0.25, 0.3) is 5.91 Å². The smallest absolute Gasteiger partial charge is 0.251 e. The maximum Gasteiger partial charge on any atom is 0.251 e. The minimum Gasteiger partial charge on any atom is -0.506 e. The Balaban J connectivity index is 2.05. The van der Waals surface area contributed by atoms with Crippen LogP contribution < -0.4 is 11.1 Å². The molecule has 1 heterocycles. The van der Waals surface area contributed by atoms with E-state index in [1.54, 1.807) is 6.07 Å². The minimum atomic E-state index is -0.217. The molecule has 1 aliphatic heterocycles. The summed E-state index contributed by atoms with van der Waals surface area (Å²) in [6.07, 6.45) is 0.826. The van der Waals surface area contributed by atoms with E-state index in [9.17, 15) is 9.90 Å². The molecule has 16 heavy (non-hydrogen) atoms. The van der Waals surface area contributed by atoms with Gasteiger partial charge in [0.1, 0.15) is 5.75 Å². The maximum absolute atomic E-state index is 11.7. The summed E-state index contributed by atoms with van der Waals surface area (Å²) in [7, 11) is 0. The van der Waals surface area contributed by atoms with Crippen LogP contribution in [0.15, 0.2) is 18.2 Å². The number of amides is 1. The Morgan fingerprint density at radius 3 is 3.00 bits per heavy atom. The SMILES string of the molecule is Nc1ccc(C(=O)NC2CCOC2)cc1O. The van der Waals surface area contributed by atoms with Crippen LogP contribution in [0.2, 0.25) is 0 Å². The lowest BCUT2D eigenvalue weighted by Crippen LogP contribution is -2.34. The van der Waals surface area contributed by atoms with Gasteiger partial charge in [0.2, 0.25) is 0 Å². The van der Waals surface area contributed by atoms with E-state index in [4.69, 9.17) is 10.5 Å². The number of ether oxygens (including phenoxy) is 1. The van der Waals surface area contributed by atoms with Gasteiger partial charge in [-0.1, -0.05) is 0 Å². The molecule has 5 heteroatoms. The van der Waals surface area contributed by atoms with Crippen LogP contribution in [0.5, 0.6) is 5.75 Å². The molecule has 0 aliphatic carbocycles. The highest BCUT2D eigenvalue weighted by molar-refractivity contribution is 5.95.